The van der Waals surface area contributed by atoms with Gasteiger partial charge in [0.1, 0.15) is 0 Å². The van der Waals surface area contributed by atoms with Crippen molar-refractivity contribution < 1.29 is 4.79 Å². The van der Waals surface area contributed by atoms with Gasteiger partial charge in [-0.2, -0.15) is 0 Å². The molecule has 0 saturated carbocycles. The molecule has 0 aliphatic heterocycles. The third-order valence-electron chi connectivity index (χ3n) is 3.10. The molecular formula is C12H10ClNO. The van der Waals surface area contributed by atoms with Crippen LogP contribution in [0.2, 0.25) is 5.02 Å². The summed E-state index contributed by atoms with van der Waals surface area (Å²) in [6.07, 6.45) is 1.43. The van der Waals surface area contributed by atoms with Crippen molar-refractivity contribution in [2.45, 2.75) is 19.8 Å². The molecule has 76 valence electrons. The van der Waals surface area contributed by atoms with E-state index in [4.69, 9.17) is 11.6 Å². The molecule has 0 atom stereocenters. The van der Waals surface area contributed by atoms with Gasteiger partial charge in [-0.3, -0.25) is 4.79 Å². The number of carbonyl (C=O) groups excluding carboxylic acids is 1. The maximum absolute atomic E-state index is 11.6. The first-order chi connectivity index (χ1) is 7.18. The fourth-order valence-corrected chi connectivity index (χ4v) is 2.59. The lowest BCUT2D eigenvalue weighted by Gasteiger charge is -2.00. The lowest BCUT2D eigenvalue weighted by molar-refractivity contribution is 0.0991. The fraction of sp³-hybridized carbons (Fsp3) is 0.250. The van der Waals surface area contributed by atoms with E-state index in [0.29, 0.717) is 6.42 Å². The molecule has 0 amide bonds. The van der Waals surface area contributed by atoms with E-state index >= 15 is 0 Å². The first kappa shape index (κ1) is 8.98. The third-order valence-corrected chi connectivity index (χ3v) is 3.41. The van der Waals surface area contributed by atoms with Crippen molar-refractivity contribution in [3.63, 3.8) is 0 Å². The van der Waals surface area contributed by atoms with Crippen LogP contribution in [0, 0.1) is 6.92 Å². The minimum absolute atomic E-state index is 0.205. The third kappa shape index (κ3) is 1.08. The summed E-state index contributed by atoms with van der Waals surface area (Å²) < 4.78 is 0. The molecule has 1 aliphatic carbocycles. The maximum atomic E-state index is 11.6. The highest BCUT2D eigenvalue weighted by Gasteiger charge is 2.25. The Morgan fingerprint density at radius 1 is 1.33 bits per heavy atom. The first-order valence-corrected chi connectivity index (χ1v) is 5.39. The summed E-state index contributed by atoms with van der Waals surface area (Å²) in [5.41, 5.74) is 4.02. The number of Topliss-reactive ketones (excluding diaryl/α,β-unsaturated/α-hetero) is 1. The molecule has 0 bridgehead atoms. The van der Waals surface area contributed by atoms with E-state index < -0.39 is 0 Å². The topological polar surface area (TPSA) is 32.9 Å². The van der Waals surface area contributed by atoms with Gasteiger partial charge in [-0.1, -0.05) is 17.7 Å². The van der Waals surface area contributed by atoms with Gasteiger partial charge < -0.3 is 4.98 Å². The predicted octanol–water partition coefficient (Wildman–Crippen LogP) is 3.26. The SMILES string of the molecule is Cc1ccc(Cl)c2c3c([nH]c12)C(=O)CC3. The number of halogens is 1. The van der Waals surface area contributed by atoms with E-state index in [1.54, 1.807) is 0 Å². The van der Waals surface area contributed by atoms with Gasteiger partial charge in [0.2, 0.25) is 0 Å². The van der Waals surface area contributed by atoms with E-state index in [0.717, 1.165) is 39.2 Å². The molecule has 2 nitrogen and oxygen atoms in total. The second-order valence-corrected chi connectivity index (χ2v) is 4.42. The lowest BCUT2D eigenvalue weighted by atomic mass is 10.1. The molecule has 3 heteroatoms. The van der Waals surface area contributed by atoms with E-state index in [9.17, 15) is 4.79 Å². The van der Waals surface area contributed by atoms with Crippen molar-refractivity contribution in [2.75, 3.05) is 0 Å². The van der Waals surface area contributed by atoms with Crippen molar-refractivity contribution in [1.29, 1.82) is 0 Å². The summed E-state index contributed by atoms with van der Waals surface area (Å²) in [6, 6.07) is 3.87. The number of carbonyl (C=O) groups is 1. The number of hydrogen-bond acceptors (Lipinski definition) is 1. The Bertz CT molecular complexity index is 583. The standard InChI is InChI=1S/C12H10ClNO/c1-6-2-4-8(13)10-7-3-5-9(15)12(7)14-11(6)10/h2,4,14H,3,5H2,1H3. The van der Waals surface area contributed by atoms with Crippen molar-refractivity contribution >= 4 is 28.3 Å². The number of H-pyrrole nitrogens is 1. The zero-order chi connectivity index (χ0) is 10.6. The van der Waals surface area contributed by atoms with E-state index in [1.807, 2.05) is 19.1 Å². The minimum atomic E-state index is 0.205. The molecule has 0 unspecified atom stereocenters. The predicted molar refractivity (Wildman–Crippen MR) is 60.7 cm³/mol. The normalized spacial score (nSPS) is 14.9. The summed E-state index contributed by atoms with van der Waals surface area (Å²) in [6.45, 7) is 2.02. The van der Waals surface area contributed by atoms with Gasteiger partial charge in [0.25, 0.3) is 0 Å². The van der Waals surface area contributed by atoms with Crippen LogP contribution in [0.4, 0.5) is 0 Å². The van der Waals surface area contributed by atoms with Crippen LogP contribution in [-0.4, -0.2) is 10.8 Å². The number of fused-ring (bicyclic) bond motifs is 3. The Morgan fingerprint density at radius 3 is 2.93 bits per heavy atom. The van der Waals surface area contributed by atoms with Gasteiger partial charge in [-0.15, -0.1) is 0 Å². The average molecular weight is 220 g/mol. The van der Waals surface area contributed by atoms with Gasteiger partial charge in [-0.05, 0) is 30.5 Å². The molecule has 1 aromatic heterocycles. The molecule has 3 rings (SSSR count). The van der Waals surface area contributed by atoms with E-state index in [-0.39, 0.29) is 5.78 Å². The monoisotopic (exact) mass is 219 g/mol. The largest absolute Gasteiger partial charge is 0.352 e. The lowest BCUT2D eigenvalue weighted by Crippen LogP contribution is -1.91. The molecule has 2 aromatic rings. The second kappa shape index (κ2) is 2.86. The molecule has 15 heavy (non-hydrogen) atoms. The van der Waals surface area contributed by atoms with Crippen LogP contribution in [0.15, 0.2) is 12.1 Å². The molecule has 1 aliphatic rings. The summed E-state index contributed by atoms with van der Waals surface area (Å²) in [5.74, 6) is 0.205. The number of aryl methyl sites for hydroxylation is 2. The van der Waals surface area contributed by atoms with Crippen LogP contribution in [0.5, 0.6) is 0 Å². The van der Waals surface area contributed by atoms with Crippen molar-refractivity contribution in [3.05, 3.63) is 34.0 Å². The summed E-state index contributed by atoms with van der Waals surface area (Å²) in [5, 5.41) is 1.78. The highest BCUT2D eigenvalue weighted by Crippen LogP contribution is 2.35. The van der Waals surface area contributed by atoms with Gasteiger partial charge >= 0.3 is 0 Å². The van der Waals surface area contributed by atoms with E-state index in [2.05, 4.69) is 4.98 Å². The van der Waals surface area contributed by atoms with Crippen LogP contribution in [0.3, 0.4) is 0 Å². The summed E-state index contributed by atoms with van der Waals surface area (Å²) >= 11 is 6.17. The highest BCUT2D eigenvalue weighted by molar-refractivity contribution is 6.36. The Hall–Kier alpha value is -1.28. The summed E-state index contributed by atoms with van der Waals surface area (Å²) in [4.78, 5) is 14.8. The number of ketones is 1. The molecule has 0 radical (unpaired) electrons. The maximum Gasteiger partial charge on any atom is 0.179 e. The van der Waals surface area contributed by atoms with Crippen molar-refractivity contribution in [3.8, 4) is 0 Å². The number of nitrogens with one attached hydrogen (secondary N) is 1. The first-order valence-electron chi connectivity index (χ1n) is 5.01. The molecule has 1 N–H and O–H groups in total. The number of aromatic amines is 1. The number of hydrogen-bond donors (Lipinski definition) is 1. The van der Waals surface area contributed by atoms with Crippen LogP contribution in [-0.2, 0) is 6.42 Å². The quantitative estimate of drug-likeness (QED) is 0.725. The average Bonchev–Trinajstić information content (AvgIpc) is 2.74. The molecular weight excluding hydrogens is 210 g/mol. The minimum Gasteiger partial charge on any atom is -0.352 e. The van der Waals surface area contributed by atoms with Gasteiger partial charge in [0.15, 0.2) is 5.78 Å². The van der Waals surface area contributed by atoms with Gasteiger partial charge in [-0.25, -0.2) is 0 Å². The zero-order valence-electron chi connectivity index (χ0n) is 8.36. The van der Waals surface area contributed by atoms with Gasteiger partial charge in [0, 0.05) is 11.8 Å². The molecule has 0 spiro atoms. The Kier molecular flexibility index (Phi) is 1.71. The molecule has 0 saturated heterocycles. The van der Waals surface area contributed by atoms with Crippen molar-refractivity contribution in [2.24, 2.45) is 0 Å². The fourth-order valence-electron chi connectivity index (χ4n) is 2.31. The van der Waals surface area contributed by atoms with Crippen molar-refractivity contribution in [1.82, 2.24) is 4.98 Å². The Morgan fingerprint density at radius 2 is 2.13 bits per heavy atom. The zero-order valence-corrected chi connectivity index (χ0v) is 9.11. The van der Waals surface area contributed by atoms with Crippen LogP contribution >= 0.6 is 11.6 Å². The van der Waals surface area contributed by atoms with Crippen LogP contribution in [0.1, 0.15) is 28.0 Å². The number of benzene rings is 1. The Balaban J connectivity index is 2.49. The smallest absolute Gasteiger partial charge is 0.179 e. The van der Waals surface area contributed by atoms with Crippen LogP contribution < -0.4 is 0 Å². The second-order valence-electron chi connectivity index (χ2n) is 4.02. The molecule has 0 fully saturated rings. The Labute approximate surface area is 92.2 Å². The van der Waals surface area contributed by atoms with Gasteiger partial charge in [0.05, 0.1) is 16.2 Å². The highest BCUT2D eigenvalue weighted by atomic mass is 35.5. The number of aromatic nitrogens is 1. The summed E-state index contributed by atoms with van der Waals surface area (Å²) in [7, 11) is 0. The molecule has 1 heterocycles. The molecule has 1 aromatic carbocycles. The van der Waals surface area contributed by atoms with Crippen LogP contribution in [0.25, 0.3) is 10.9 Å². The van der Waals surface area contributed by atoms with E-state index in [1.165, 1.54) is 0 Å². The number of rotatable bonds is 0.